The number of hydrogen-bond acceptors (Lipinski definition) is 4. The highest BCUT2D eigenvalue weighted by molar-refractivity contribution is 14.0. The Morgan fingerprint density at radius 1 is 1.29 bits per heavy atom. The van der Waals surface area contributed by atoms with E-state index >= 15 is 0 Å². The monoisotopic (exact) mass is 556 g/mol. The maximum Gasteiger partial charge on any atom is 0.194 e. The highest BCUT2D eigenvalue weighted by Gasteiger charge is 2.28. The van der Waals surface area contributed by atoms with Crippen molar-refractivity contribution in [1.82, 2.24) is 24.9 Å². The van der Waals surface area contributed by atoms with Gasteiger partial charge in [-0.05, 0) is 62.2 Å². The average molecular weight is 557 g/mol. The van der Waals surface area contributed by atoms with Gasteiger partial charge in [0.2, 0.25) is 0 Å². The lowest BCUT2D eigenvalue weighted by Gasteiger charge is -2.36. The van der Waals surface area contributed by atoms with E-state index in [0.717, 1.165) is 44.5 Å². The van der Waals surface area contributed by atoms with Crippen LogP contribution in [0.5, 0.6) is 0 Å². The molecule has 2 aromatic rings. The maximum atomic E-state index is 5.15. The first-order chi connectivity index (χ1) is 14.6. The summed E-state index contributed by atoms with van der Waals surface area (Å²) in [5.41, 5.74) is 1.34. The molecule has 4 heterocycles. The van der Waals surface area contributed by atoms with Crippen LogP contribution >= 0.6 is 35.3 Å². The van der Waals surface area contributed by atoms with Crippen molar-refractivity contribution in [2.45, 2.75) is 45.1 Å². The minimum Gasteiger partial charge on any atom is -0.357 e. The predicted molar refractivity (Wildman–Crippen MR) is 141 cm³/mol. The first kappa shape index (κ1) is 24.5. The number of rotatable bonds is 6. The van der Waals surface area contributed by atoms with E-state index in [4.69, 9.17) is 4.99 Å². The van der Waals surface area contributed by atoms with Crippen molar-refractivity contribution in [3.8, 4) is 0 Å². The van der Waals surface area contributed by atoms with Crippen molar-refractivity contribution < 1.29 is 0 Å². The molecule has 2 aliphatic rings. The minimum absolute atomic E-state index is 0. The molecule has 0 bridgehead atoms. The Kier molecular flexibility index (Phi) is 9.21. The predicted octanol–water partition coefficient (Wildman–Crippen LogP) is 4.33. The molecule has 31 heavy (non-hydrogen) atoms. The summed E-state index contributed by atoms with van der Waals surface area (Å²) < 4.78 is 1.91. The van der Waals surface area contributed by atoms with E-state index in [-0.39, 0.29) is 24.0 Å². The summed E-state index contributed by atoms with van der Waals surface area (Å²) in [5, 5.41) is 10.1. The normalized spacial score (nSPS) is 21.8. The standard InChI is InChI=1S/C23H36N6S.HI/c1-4-24-23(29-12-9-19(17-29)20-14-26-27(3)16-20)25-15-21(22-6-5-13-30-22)28-10-7-18(2)8-11-28;/h5-6,13-14,16,18-19,21H,4,7-12,15,17H2,1-3H3,(H,24,25);1H. The van der Waals surface area contributed by atoms with Crippen LogP contribution in [0.3, 0.4) is 0 Å². The van der Waals surface area contributed by atoms with Gasteiger partial charge in [-0.1, -0.05) is 13.0 Å². The van der Waals surface area contributed by atoms with E-state index in [0.29, 0.717) is 12.0 Å². The van der Waals surface area contributed by atoms with E-state index in [1.165, 1.54) is 36.4 Å². The third-order valence-corrected chi connectivity index (χ3v) is 7.54. The van der Waals surface area contributed by atoms with Gasteiger partial charge in [0.1, 0.15) is 0 Å². The van der Waals surface area contributed by atoms with E-state index in [2.05, 4.69) is 57.8 Å². The highest BCUT2D eigenvalue weighted by Crippen LogP contribution is 2.30. The smallest absolute Gasteiger partial charge is 0.194 e. The van der Waals surface area contributed by atoms with Crippen molar-refractivity contribution >= 4 is 41.3 Å². The van der Waals surface area contributed by atoms with Gasteiger partial charge in [0.05, 0.1) is 18.8 Å². The van der Waals surface area contributed by atoms with Crippen LogP contribution < -0.4 is 5.32 Å². The fourth-order valence-electron chi connectivity index (χ4n) is 4.68. The number of aliphatic imine (C=N–C) groups is 1. The molecule has 2 saturated heterocycles. The van der Waals surface area contributed by atoms with Gasteiger partial charge in [0.25, 0.3) is 0 Å². The molecule has 2 unspecified atom stereocenters. The van der Waals surface area contributed by atoms with Gasteiger partial charge >= 0.3 is 0 Å². The Hall–Kier alpha value is -1.13. The number of halogens is 1. The lowest BCUT2D eigenvalue weighted by atomic mass is 9.97. The molecular formula is C23H37IN6S. The lowest BCUT2D eigenvalue weighted by molar-refractivity contribution is 0.143. The van der Waals surface area contributed by atoms with Crippen LogP contribution in [-0.2, 0) is 7.05 Å². The van der Waals surface area contributed by atoms with Crippen LogP contribution in [0, 0.1) is 5.92 Å². The molecule has 0 saturated carbocycles. The molecule has 0 spiro atoms. The molecule has 8 heteroatoms. The molecule has 0 aliphatic carbocycles. The van der Waals surface area contributed by atoms with Crippen LogP contribution in [0.25, 0.3) is 0 Å². The molecule has 0 amide bonds. The maximum absolute atomic E-state index is 5.15. The molecule has 1 N–H and O–H groups in total. The summed E-state index contributed by atoms with van der Waals surface area (Å²) in [7, 11) is 1.99. The molecule has 6 nitrogen and oxygen atoms in total. The van der Waals surface area contributed by atoms with E-state index in [1.54, 1.807) is 0 Å². The molecule has 4 rings (SSSR count). The van der Waals surface area contributed by atoms with Gasteiger partial charge in [-0.2, -0.15) is 5.10 Å². The van der Waals surface area contributed by atoms with Gasteiger partial charge in [0.15, 0.2) is 5.96 Å². The third kappa shape index (κ3) is 6.22. The lowest BCUT2D eigenvalue weighted by Crippen LogP contribution is -2.41. The Bertz CT molecular complexity index is 812. The molecular weight excluding hydrogens is 519 g/mol. The van der Waals surface area contributed by atoms with Crippen LogP contribution in [0.15, 0.2) is 34.9 Å². The van der Waals surface area contributed by atoms with Gasteiger partial charge in [-0.15, -0.1) is 35.3 Å². The molecule has 172 valence electrons. The SMILES string of the molecule is CCNC(=NCC(c1cccs1)N1CCC(C)CC1)N1CCC(c2cnn(C)c2)C1.I. The van der Waals surface area contributed by atoms with Crippen LogP contribution in [0.2, 0.25) is 0 Å². The first-order valence-corrected chi connectivity index (χ1v) is 12.3. The zero-order valence-corrected chi connectivity index (χ0v) is 22.2. The van der Waals surface area contributed by atoms with Crippen LogP contribution in [0.4, 0.5) is 0 Å². The Morgan fingerprint density at radius 2 is 2.10 bits per heavy atom. The number of nitrogens with zero attached hydrogens (tertiary/aromatic N) is 5. The quantitative estimate of drug-likeness (QED) is 0.327. The summed E-state index contributed by atoms with van der Waals surface area (Å²) in [6.07, 6.45) is 7.93. The zero-order valence-electron chi connectivity index (χ0n) is 19.0. The molecule has 2 aromatic heterocycles. The molecule has 2 fully saturated rings. The fourth-order valence-corrected chi connectivity index (χ4v) is 5.53. The molecule has 0 radical (unpaired) electrons. The van der Waals surface area contributed by atoms with E-state index in [9.17, 15) is 0 Å². The van der Waals surface area contributed by atoms with Crippen LogP contribution in [-0.4, -0.2) is 64.8 Å². The van der Waals surface area contributed by atoms with Crippen molar-refractivity contribution in [3.63, 3.8) is 0 Å². The van der Waals surface area contributed by atoms with E-state index in [1.807, 2.05) is 29.3 Å². The van der Waals surface area contributed by atoms with Crippen molar-refractivity contribution in [1.29, 1.82) is 0 Å². The van der Waals surface area contributed by atoms with Gasteiger partial charge in [0, 0.05) is 43.7 Å². The van der Waals surface area contributed by atoms with Crippen molar-refractivity contribution in [2.24, 2.45) is 18.0 Å². The Labute approximate surface area is 208 Å². The van der Waals surface area contributed by atoms with Crippen molar-refractivity contribution in [3.05, 3.63) is 40.3 Å². The van der Waals surface area contributed by atoms with Crippen LogP contribution in [0.1, 0.15) is 55.5 Å². The summed E-state index contributed by atoms with van der Waals surface area (Å²) in [4.78, 5) is 11.7. The highest BCUT2D eigenvalue weighted by atomic mass is 127. The fraction of sp³-hybridized carbons (Fsp3) is 0.652. The topological polar surface area (TPSA) is 48.7 Å². The number of piperidine rings is 1. The van der Waals surface area contributed by atoms with Gasteiger partial charge in [-0.3, -0.25) is 14.6 Å². The number of guanidine groups is 1. The van der Waals surface area contributed by atoms with Gasteiger partial charge < -0.3 is 10.2 Å². The summed E-state index contributed by atoms with van der Waals surface area (Å²) in [6, 6.07) is 4.85. The largest absolute Gasteiger partial charge is 0.357 e. The summed E-state index contributed by atoms with van der Waals surface area (Å²) in [5.74, 6) is 2.45. The zero-order chi connectivity index (χ0) is 20.9. The summed E-state index contributed by atoms with van der Waals surface area (Å²) >= 11 is 1.87. The second kappa shape index (κ2) is 11.7. The van der Waals surface area contributed by atoms with Gasteiger partial charge in [-0.25, -0.2) is 0 Å². The van der Waals surface area contributed by atoms with E-state index < -0.39 is 0 Å². The van der Waals surface area contributed by atoms with Crippen molar-refractivity contribution in [2.75, 3.05) is 39.3 Å². The molecule has 2 aliphatic heterocycles. The Morgan fingerprint density at radius 3 is 2.74 bits per heavy atom. The third-order valence-electron chi connectivity index (χ3n) is 6.56. The number of aryl methyl sites for hydroxylation is 1. The number of hydrogen-bond donors (Lipinski definition) is 1. The molecule has 0 aromatic carbocycles. The second-order valence-corrected chi connectivity index (χ2v) is 9.80. The number of likely N-dealkylation sites (tertiary alicyclic amines) is 2. The number of aromatic nitrogens is 2. The Balaban J connectivity index is 0.00000272. The number of nitrogens with one attached hydrogen (secondary N) is 1. The summed E-state index contributed by atoms with van der Waals surface area (Å²) in [6.45, 7) is 10.7. The number of thiophene rings is 1. The molecule has 2 atom stereocenters. The minimum atomic E-state index is 0. The second-order valence-electron chi connectivity index (χ2n) is 8.82. The average Bonchev–Trinajstić information content (AvgIpc) is 3.50. The first-order valence-electron chi connectivity index (χ1n) is 11.4.